The lowest BCUT2D eigenvalue weighted by Gasteiger charge is -2.17. The third-order valence-corrected chi connectivity index (χ3v) is 4.98. The van der Waals surface area contributed by atoms with Gasteiger partial charge in [-0.25, -0.2) is 13.2 Å². The number of carboxylic acid groups (broad SMARTS) is 1. The van der Waals surface area contributed by atoms with Crippen LogP contribution in [-0.2, 0) is 25.8 Å². The van der Waals surface area contributed by atoms with Crippen LogP contribution in [0.1, 0.15) is 25.8 Å². The maximum Gasteiger partial charge on any atom is 0.326 e. The fraction of sp³-hybridized carbons (Fsp3) is 0.500. The molecular weight excluding hydrogens is 318 g/mol. The molecular formula is C16H23NO5S. The molecule has 0 aliphatic heterocycles. The van der Waals surface area contributed by atoms with Gasteiger partial charge >= 0.3 is 5.97 Å². The smallest absolute Gasteiger partial charge is 0.326 e. The lowest BCUT2D eigenvalue weighted by atomic mass is 10.1. The molecule has 6 nitrogen and oxygen atoms in total. The summed E-state index contributed by atoms with van der Waals surface area (Å²) in [5.41, 5.74) is 1.04. The summed E-state index contributed by atoms with van der Waals surface area (Å²) in [6.07, 6.45) is 1.04. The number of sulfone groups is 1. The van der Waals surface area contributed by atoms with Crippen molar-refractivity contribution in [2.24, 2.45) is 5.92 Å². The minimum atomic E-state index is -3.55. The number of carboxylic acids is 1. The van der Waals surface area contributed by atoms with Gasteiger partial charge in [-0.2, -0.15) is 0 Å². The molecule has 23 heavy (non-hydrogen) atoms. The molecule has 2 N–H and O–H groups in total. The number of nitrogens with one attached hydrogen (secondary N) is 1. The predicted molar refractivity (Wildman–Crippen MR) is 87.8 cm³/mol. The van der Waals surface area contributed by atoms with Crippen LogP contribution in [0.4, 0.5) is 0 Å². The van der Waals surface area contributed by atoms with Crippen LogP contribution in [0, 0.1) is 5.92 Å². The highest BCUT2D eigenvalue weighted by Gasteiger charge is 2.25. The molecule has 7 heteroatoms. The molecule has 1 aromatic carbocycles. The zero-order valence-electron chi connectivity index (χ0n) is 13.4. The second-order valence-corrected chi connectivity index (χ2v) is 7.99. The van der Waals surface area contributed by atoms with Crippen LogP contribution in [0.3, 0.4) is 0 Å². The first kappa shape index (κ1) is 19.2. The number of carbonyl (C=O) groups excluding carboxylic acids is 1. The molecule has 1 rings (SSSR count). The molecule has 1 unspecified atom stereocenters. The van der Waals surface area contributed by atoms with E-state index in [9.17, 15) is 18.0 Å². The number of carbonyl (C=O) groups is 2. The Kier molecular flexibility index (Phi) is 7.22. The minimum absolute atomic E-state index is 0.102. The summed E-state index contributed by atoms with van der Waals surface area (Å²) in [6, 6.07) is 8.41. The van der Waals surface area contributed by atoms with E-state index < -0.39 is 33.5 Å². The van der Waals surface area contributed by atoms with Crippen molar-refractivity contribution in [3.63, 3.8) is 0 Å². The number of rotatable bonds is 9. The van der Waals surface area contributed by atoms with Crippen LogP contribution in [0.25, 0.3) is 0 Å². The van der Waals surface area contributed by atoms with E-state index in [0.717, 1.165) is 5.56 Å². The Morgan fingerprint density at radius 2 is 1.78 bits per heavy atom. The second-order valence-electron chi connectivity index (χ2n) is 5.81. The van der Waals surface area contributed by atoms with Gasteiger partial charge in [-0.1, -0.05) is 44.2 Å². The molecule has 0 fully saturated rings. The Morgan fingerprint density at radius 1 is 1.17 bits per heavy atom. The Hall–Kier alpha value is -1.89. The molecule has 1 amide bonds. The normalized spacial score (nSPS) is 12.8. The van der Waals surface area contributed by atoms with Crippen LogP contribution < -0.4 is 5.32 Å². The van der Waals surface area contributed by atoms with Gasteiger partial charge in [-0.15, -0.1) is 0 Å². The molecule has 0 aliphatic carbocycles. The highest BCUT2D eigenvalue weighted by molar-refractivity contribution is 7.92. The Labute approximate surface area is 136 Å². The van der Waals surface area contributed by atoms with Gasteiger partial charge in [-0.3, -0.25) is 4.79 Å². The maximum atomic E-state index is 11.9. The van der Waals surface area contributed by atoms with E-state index in [1.54, 1.807) is 13.8 Å². The summed E-state index contributed by atoms with van der Waals surface area (Å²) < 4.78 is 23.9. The van der Waals surface area contributed by atoms with Crippen molar-refractivity contribution in [1.29, 1.82) is 0 Å². The highest BCUT2D eigenvalue weighted by atomic mass is 32.2. The zero-order chi connectivity index (χ0) is 17.5. The van der Waals surface area contributed by atoms with Crippen LogP contribution >= 0.6 is 0 Å². The summed E-state index contributed by atoms with van der Waals surface area (Å²) in [6.45, 7) is 3.29. The fourth-order valence-corrected chi connectivity index (χ4v) is 3.35. The van der Waals surface area contributed by atoms with Crippen molar-refractivity contribution in [1.82, 2.24) is 5.32 Å². The summed E-state index contributed by atoms with van der Waals surface area (Å²) in [7, 11) is -3.55. The maximum absolute atomic E-state index is 11.9. The number of hydrogen-bond acceptors (Lipinski definition) is 4. The van der Waals surface area contributed by atoms with Crippen molar-refractivity contribution in [3.05, 3.63) is 35.9 Å². The monoisotopic (exact) mass is 341 g/mol. The minimum Gasteiger partial charge on any atom is -0.480 e. The molecule has 1 atom stereocenters. The molecule has 1 aromatic rings. The van der Waals surface area contributed by atoms with Gasteiger partial charge < -0.3 is 10.4 Å². The molecule has 0 saturated heterocycles. The van der Waals surface area contributed by atoms with Gasteiger partial charge in [0.25, 0.3) is 0 Å². The van der Waals surface area contributed by atoms with Crippen molar-refractivity contribution in [2.75, 3.05) is 11.5 Å². The first-order chi connectivity index (χ1) is 10.7. The van der Waals surface area contributed by atoms with Gasteiger partial charge in [0, 0.05) is 0 Å². The van der Waals surface area contributed by atoms with E-state index >= 15 is 0 Å². The average Bonchev–Trinajstić information content (AvgIpc) is 2.44. The van der Waals surface area contributed by atoms with Gasteiger partial charge in [0.05, 0.1) is 5.75 Å². The fourth-order valence-electron chi connectivity index (χ4n) is 2.14. The molecule has 128 valence electrons. The predicted octanol–water partition coefficient (Wildman–Crippen LogP) is 1.26. The lowest BCUT2D eigenvalue weighted by Crippen LogP contribution is -2.46. The summed E-state index contributed by atoms with van der Waals surface area (Å²) in [4.78, 5) is 22.8. The molecule has 0 spiro atoms. The van der Waals surface area contributed by atoms with Crippen LogP contribution in [0.2, 0.25) is 0 Å². The first-order valence-corrected chi connectivity index (χ1v) is 9.30. The summed E-state index contributed by atoms with van der Waals surface area (Å²) in [5, 5.41) is 11.3. The zero-order valence-corrected chi connectivity index (χ0v) is 14.2. The van der Waals surface area contributed by atoms with Crippen molar-refractivity contribution in [2.45, 2.75) is 32.7 Å². The van der Waals surface area contributed by atoms with E-state index in [0.29, 0.717) is 12.8 Å². The highest BCUT2D eigenvalue weighted by Crippen LogP contribution is 2.06. The van der Waals surface area contributed by atoms with E-state index in [1.807, 2.05) is 30.3 Å². The van der Waals surface area contributed by atoms with Crippen molar-refractivity contribution >= 4 is 21.7 Å². The van der Waals surface area contributed by atoms with E-state index in [1.165, 1.54) is 0 Å². The third kappa shape index (κ3) is 7.27. The number of aryl methyl sites for hydroxylation is 1. The lowest BCUT2D eigenvalue weighted by molar-refractivity contribution is -0.142. The first-order valence-electron chi connectivity index (χ1n) is 7.48. The largest absolute Gasteiger partial charge is 0.480 e. The molecule has 0 radical (unpaired) electrons. The average molecular weight is 341 g/mol. The van der Waals surface area contributed by atoms with E-state index in [-0.39, 0.29) is 11.7 Å². The molecule has 0 heterocycles. The van der Waals surface area contributed by atoms with Crippen molar-refractivity contribution in [3.8, 4) is 0 Å². The van der Waals surface area contributed by atoms with E-state index in [2.05, 4.69) is 5.32 Å². The Balaban J connectivity index is 2.47. The van der Waals surface area contributed by atoms with Crippen LogP contribution in [0.5, 0.6) is 0 Å². The Morgan fingerprint density at radius 3 is 2.30 bits per heavy atom. The Bertz CT molecular complexity index is 625. The van der Waals surface area contributed by atoms with Gasteiger partial charge in [0.2, 0.25) is 5.91 Å². The standard InChI is InChI=1S/C16H23NO5S/c1-12(2)15(16(19)20)17-14(18)11-23(21,22)10-6-9-13-7-4-3-5-8-13/h3-5,7-8,12,15H,6,9-11H2,1-2H3,(H,17,18)(H,19,20). The summed E-state index contributed by atoms with van der Waals surface area (Å²) >= 11 is 0. The number of amides is 1. The van der Waals surface area contributed by atoms with Gasteiger partial charge in [0.1, 0.15) is 11.8 Å². The quantitative estimate of drug-likeness (QED) is 0.704. The SMILES string of the molecule is CC(C)C(NC(=O)CS(=O)(=O)CCCc1ccccc1)C(=O)O. The molecule has 0 aromatic heterocycles. The topological polar surface area (TPSA) is 101 Å². The number of aliphatic carboxylic acids is 1. The van der Waals surface area contributed by atoms with Gasteiger partial charge in [0.15, 0.2) is 9.84 Å². The van der Waals surface area contributed by atoms with Crippen LogP contribution in [-0.4, -0.2) is 42.9 Å². The van der Waals surface area contributed by atoms with Gasteiger partial charge in [-0.05, 0) is 24.3 Å². The summed E-state index contributed by atoms with van der Waals surface area (Å²) in [5.74, 6) is -3.05. The number of benzene rings is 1. The van der Waals surface area contributed by atoms with E-state index in [4.69, 9.17) is 5.11 Å². The van der Waals surface area contributed by atoms with Crippen molar-refractivity contribution < 1.29 is 23.1 Å². The molecule has 0 saturated carbocycles. The third-order valence-electron chi connectivity index (χ3n) is 3.36. The number of hydrogen-bond donors (Lipinski definition) is 2. The second kappa shape index (κ2) is 8.67. The van der Waals surface area contributed by atoms with Crippen LogP contribution in [0.15, 0.2) is 30.3 Å². The molecule has 0 aliphatic rings. The molecule has 0 bridgehead atoms.